The van der Waals surface area contributed by atoms with Gasteiger partial charge in [0.1, 0.15) is 0 Å². The Hall–Kier alpha value is 0.651. The molecule has 28 heavy (non-hydrogen) atoms. The van der Waals surface area contributed by atoms with E-state index in [-0.39, 0.29) is 5.41 Å². The van der Waals surface area contributed by atoms with Gasteiger partial charge in [0.2, 0.25) is 0 Å². The molecule has 2 rings (SSSR count). The Morgan fingerprint density at radius 3 is 1.50 bits per heavy atom. The number of rotatable bonds is 4. The van der Waals surface area contributed by atoms with Gasteiger partial charge < -0.3 is 0 Å². The van der Waals surface area contributed by atoms with Gasteiger partial charge in [0, 0.05) is 0 Å². The maximum atomic E-state index is 2.67. The summed E-state index contributed by atoms with van der Waals surface area (Å²) >= 11 is 0. The number of hydrogen-bond donors (Lipinski definition) is 0. The van der Waals surface area contributed by atoms with Crippen molar-refractivity contribution < 1.29 is 0 Å². The van der Waals surface area contributed by atoms with Gasteiger partial charge in [-0.15, -0.1) is 0 Å². The van der Waals surface area contributed by atoms with Gasteiger partial charge in [-0.25, -0.2) is 0 Å². The zero-order valence-electron chi connectivity index (χ0n) is 20.9. The van der Waals surface area contributed by atoms with Crippen LogP contribution in [0.5, 0.6) is 0 Å². The van der Waals surface area contributed by atoms with E-state index in [9.17, 15) is 0 Å². The third-order valence-corrected chi connectivity index (χ3v) is 18.6. The third-order valence-electron chi connectivity index (χ3n) is 7.31. The van der Waals surface area contributed by atoms with Crippen molar-refractivity contribution in [3.05, 3.63) is 60.2 Å². The largest absolute Gasteiger partial charge is 0.0691 e. The van der Waals surface area contributed by atoms with Crippen LogP contribution in [0.3, 0.4) is 0 Å². The van der Waals surface area contributed by atoms with Gasteiger partial charge in [0.15, 0.2) is 0 Å². The first-order chi connectivity index (χ1) is 12.3. The number of hydrogen-bond acceptors (Lipinski definition) is 0. The predicted molar refractivity (Wildman–Crippen MR) is 135 cm³/mol. The van der Waals surface area contributed by atoms with E-state index in [4.69, 9.17) is 0 Å². The molecule has 0 aromatic rings. The monoisotopic (exact) mass is 428 g/mol. The molecule has 156 valence electrons. The average Bonchev–Trinajstić information content (AvgIpc) is 3.13. The summed E-state index contributed by atoms with van der Waals surface area (Å²) in [5.74, 6) is 1.48. The standard InChI is InChI=1S/C25H44Si3/c1-24(2,3)19-14-15-20(16-19)27(10,11)23-18-21(17-22(23)26(7,8)9)28(12,13)25(4,5)6/h14-18H,1-13H3. The molecular formula is C25H44Si3. The van der Waals surface area contributed by atoms with Gasteiger partial charge in [-0.3, -0.25) is 0 Å². The van der Waals surface area contributed by atoms with Gasteiger partial charge in [-0.2, -0.15) is 0 Å². The molecule has 2 aliphatic rings. The Morgan fingerprint density at radius 2 is 1.11 bits per heavy atom. The molecule has 0 N–H and O–H groups in total. The second kappa shape index (κ2) is 7.66. The summed E-state index contributed by atoms with van der Waals surface area (Å²) in [6.07, 6.45) is 12.6. The SMILES string of the molecule is CC(C)(C)[C]1[CH][CH][C]([Si](C)(C)[C]2[CH][C]([Si](C)(C)C(C)(C)C)[CH][C]2[Si](C)(C)C)[CH]1. The average molecular weight is 429 g/mol. The minimum atomic E-state index is -1.73. The van der Waals surface area contributed by atoms with E-state index < -0.39 is 24.2 Å². The van der Waals surface area contributed by atoms with Crippen LogP contribution in [0, 0.1) is 65.6 Å². The molecule has 2 aliphatic carbocycles. The summed E-state index contributed by atoms with van der Waals surface area (Å²) < 4.78 is 0. The topological polar surface area (TPSA) is 0 Å². The highest BCUT2D eigenvalue weighted by Gasteiger charge is 2.58. The smallest absolute Gasteiger partial charge is 0.0618 e. The molecule has 0 unspecified atom stereocenters. The summed E-state index contributed by atoms with van der Waals surface area (Å²) in [5, 5.41) is 0.376. The summed E-state index contributed by atoms with van der Waals surface area (Å²) in [6.45, 7) is 32.1. The molecule has 3 heteroatoms. The Balaban J connectivity index is 2.30. The highest BCUT2D eigenvalue weighted by molar-refractivity contribution is 6.96. The lowest BCUT2D eigenvalue weighted by Gasteiger charge is -2.42. The zero-order chi connectivity index (χ0) is 21.9. The molecule has 0 aromatic carbocycles. The molecule has 10 radical (unpaired) electrons. The molecule has 2 saturated carbocycles. The molecule has 0 aromatic heterocycles. The van der Waals surface area contributed by atoms with Crippen LogP contribution in [0.4, 0.5) is 0 Å². The maximum Gasteiger partial charge on any atom is 0.0618 e. The summed E-state index contributed by atoms with van der Waals surface area (Å²) in [6, 6.07) is 0. The Morgan fingerprint density at radius 1 is 0.607 bits per heavy atom. The van der Waals surface area contributed by atoms with Gasteiger partial charge in [0.05, 0.1) is 24.2 Å². The summed E-state index contributed by atoms with van der Waals surface area (Å²) in [5.41, 5.74) is 6.95. The van der Waals surface area contributed by atoms with E-state index in [1.54, 1.807) is 22.2 Å². The molecule has 0 heterocycles. The lowest BCUT2D eigenvalue weighted by atomic mass is 9.80. The Labute approximate surface area is 182 Å². The molecule has 0 amide bonds. The van der Waals surface area contributed by atoms with Crippen LogP contribution in [-0.2, 0) is 0 Å². The highest BCUT2D eigenvalue weighted by Crippen LogP contribution is 2.59. The minimum absolute atomic E-state index is 0.225. The van der Waals surface area contributed by atoms with Gasteiger partial charge in [-0.05, 0) is 70.6 Å². The fraction of sp³-hybridized carbons (Fsp3) is 0.600. The molecule has 0 atom stereocenters. The molecule has 0 spiro atoms. The maximum absolute atomic E-state index is 2.67. The van der Waals surface area contributed by atoms with Crippen molar-refractivity contribution >= 4 is 24.2 Å². The van der Waals surface area contributed by atoms with Crippen molar-refractivity contribution in [2.75, 3.05) is 0 Å². The normalized spacial score (nSPS) is 23.9. The molecule has 0 nitrogen and oxygen atoms in total. The molecule has 0 saturated heterocycles. The van der Waals surface area contributed by atoms with E-state index >= 15 is 0 Å². The van der Waals surface area contributed by atoms with Crippen LogP contribution >= 0.6 is 0 Å². The van der Waals surface area contributed by atoms with Crippen LogP contribution < -0.4 is 0 Å². The van der Waals surface area contributed by atoms with E-state index in [0.717, 1.165) is 0 Å². The van der Waals surface area contributed by atoms with E-state index in [1.165, 1.54) is 5.92 Å². The first kappa shape index (κ1) is 24.9. The van der Waals surface area contributed by atoms with Crippen LogP contribution in [0.2, 0.25) is 50.9 Å². The van der Waals surface area contributed by atoms with Gasteiger partial charge >= 0.3 is 0 Å². The quantitative estimate of drug-likeness (QED) is 0.403. The van der Waals surface area contributed by atoms with Crippen molar-refractivity contribution in [1.82, 2.24) is 0 Å². The molecule has 0 bridgehead atoms. The lowest BCUT2D eigenvalue weighted by Crippen LogP contribution is -2.48. The fourth-order valence-corrected chi connectivity index (χ4v) is 12.2. The second-order valence-corrected chi connectivity index (χ2v) is 27.7. The zero-order valence-corrected chi connectivity index (χ0v) is 23.9. The van der Waals surface area contributed by atoms with Gasteiger partial charge in [0.25, 0.3) is 0 Å². The highest BCUT2D eigenvalue weighted by atomic mass is 28.3. The van der Waals surface area contributed by atoms with Crippen molar-refractivity contribution in [3.8, 4) is 0 Å². The van der Waals surface area contributed by atoms with Crippen LogP contribution in [-0.4, -0.2) is 24.2 Å². The first-order valence-corrected chi connectivity index (χ1v) is 20.4. The summed E-state index contributed by atoms with van der Waals surface area (Å²) in [4.78, 5) is 0. The van der Waals surface area contributed by atoms with Gasteiger partial charge in [-0.1, -0.05) is 87.4 Å². The van der Waals surface area contributed by atoms with E-state index in [1.807, 2.05) is 0 Å². The van der Waals surface area contributed by atoms with Crippen LogP contribution in [0.1, 0.15) is 41.5 Å². The Kier molecular flexibility index (Phi) is 6.81. The fourth-order valence-electron chi connectivity index (χ4n) is 3.89. The van der Waals surface area contributed by atoms with Crippen LogP contribution in [0.25, 0.3) is 0 Å². The predicted octanol–water partition coefficient (Wildman–Crippen LogP) is 7.67. The second-order valence-electron chi connectivity index (χ2n) is 13.0. The van der Waals surface area contributed by atoms with Crippen molar-refractivity contribution in [2.45, 2.75) is 92.4 Å². The minimum Gasteiger partial charge on any atom is -0.0691 e. The van der Waals surface area contributed by atoms with Crippen molar-refractivity contribution in [3.63, 3.8) is 0 Å². The molecular weight excluding hydrogens is 385 g/mol. The van der Waals surface area contributed by atoms with Crippen molar-refractivity contribution in [1.29, 1.82) is 0 Å². The Bertz CT molecular complexity index is 542. The van der Waals surface area contributed by atoms with Crippen molar-refractivity contribution in [2.24, 2.45) is 5.41 Å². The third kappa shape index (κ3) is 4.77. The van der Waals surface area contributed by atoms with E-state index in [2.05, 4.69) is 119 Å². The molecule has 2 fully saturated rings. The summed E-state index contributed by atoms with van der Waals surface area (Å²) in [7, 11) is -4.67. The lowest BCUT2D eigenvalue weighted by molar-refractivity contribution is 0.462. The first-order valence-electron chi connectivity index (χ1n) is 10.9. The van der Waals surface area contributed by atoms with E-state index in [0.29, 0.717) is 5.04 Å². The molecule has 0 aliphatic heterocycles. The van der Waals surface area contributed by atoms with Crippen LogP contribution in [0.15, 0.2) is 0 Å².